The van der Waals surface area contributed by atoms with E-state index in [0.29, 0.717) is 11.8 Å². The highest BCUT2D eigenvalue weighted by atomic mass is 79.9. The van der Waals surface area contributed by atoms with Gasteiger partial charge in [0, 0.05) is 18.4 Å². The Morgan fingerprint density at radius 1 is 1.36 bits per heavy atom. The molecule has 0 fully saturated rings. The third kappa shape index (κ3) is 4.19. The summed E-state index contributed by atoms with van der Waals surface area (Å²) in [4.78, 5) is 22.2. The SMILES string of the molecule is COC(=O)C(CC(CBr)C(C)=O)OC. The maximum Gasteiger partial charge on any atom is 0.334 e. The van der Waals surface area contributed by atoms with Crippen LogP contribution in [0.2, 0.25) is 0 Å². The van der Waals surface area contributed by atoms with E-state index in [1.54, 1.807) is 0 Å². The van der Waals surface area contributed by atoms with Crippen molar-refractivity contribution in [3.05, 3.63) is 0 Å². The highest BCUT2D eigenvalue weighted by molar-refractivity contribution is 9.09. The molecule has 0 aromatic carbocycles. The van der Waals surface area contributed by atoms with E-state index in [0.717, 1.165) is 0 Å². The van der Waals surface area contributed by atoms with E-state index in [1.165, 1.54) is 21.1 Å². The fraction of sp³-hybridized carbons (Fsp3) is 0.778. The lowest BCUT2D eigenvalue weighted by Crippen LogP contribution is -2.29. The first kappa shape index (κ1) is 13.6. The van der Waals surface area contributed by atoms with Crippen LogP contribution < -0.4 is 0 Å². The third-order valence-corrected chi connectivity index (χ3v) is 2.79. The van der Waals surface area contributed by atoms with Crippen LogP contribution in [0.5, 0.6) is 0 Å². The van der Waals surface area contributed by atoms with Gasteiger partial charge in [-0.05, 0) is 13.3 Å². The van der Waals surface area contributed by atoms with Gasteiger partial charge in [-0.1, -0.05) is 15.9 Å². The van der Waals surface area contributed by atoms with Crippen LogP contribution in [0.4, 0.5) is 0 Å². The van der Waals surface area contributed by atoms with Crippen molar-refractivity contribution >= 4 is 27.7 Å². The topological polar surface area (TPSA) is 52.6 Å². The predicted molar refractivity (Wildman–Crippen MR) is 55.4 cm³/mol. The number of methoxy groups -OCH3 is 2. The molecule has 0 saturated carbocycles. The van der Waals surface area contributed by atoms with Gasteiger partial charge in [-0.2, -0.15) is 0 Å². The van der Waals surface area contributed by atoms with Crippen molar-refractivity contribution in [1.82, 2.24) is 0 Å². The zero-order valence-corrected chi connectivity index (χ0v) is 10.2. The van der Waals surface area contributed by atoms with Crippen molar-refractivity contribution in [3.8, 4) is 0 Å². The molecule has 0 radical (unpaired) electrons. The molecule has 0 amide bonds. The summed E-state index contributed by atoms with van der Waals surface area (Å²) in [6.45, 7) is 1.50. The summed E-state index contributed by atoms with van der Waals surface area (Å²) in [6.07, 6.45) is -0.310. The minimum absolute atomic E-state index is 0.0350. The van der Waals surface area contributed by atoms with Gasteiger partial charge in [-0.15, -0.1) is 0 Å². The van der Waals surface area contributed by atoms with Crippen LogP contribution in [0.25, 0.3) is 0 Å². The average Bonchev–Trinajstić information content (AvgIpc) is 2.18. The molecule has 0 bridgehead atoms. The van der Waals surface area contributed by atoms with Crippen molar-refractivity contribution in [2.24, 2.45) is 5.92 Å². The fourth-order valence-electron chi connectivity index (χ4n) is 1.02. The second-order valence-electron chi connectivity index (χ2n) is 2.95. The Bertz CT molecular complexity index is 205. The van der Waals surface area contributed by atoms with Gasteiger partial charge in [-0.25, -0.2) is 4.79 Å². The number of rotatable bonds is 6. The maximum atomic E-state index is 11.1. The van der Waals surface area contributed by atoms with Crippen LogP contribution in [0.3, 0.4) is 0 Å². The minimum Gasteiger partial charge on any atom is -0.467 e. The van der Waals surface area contributed by atoms with Crippen LogP contribution in [0.1, 0.15) is 13.3 Å². The Kier molecular flexibility index (Phi) is 6.74. The Labute approximate surface area is 92.1 Å². The number of Topliss-reactive ketones (excluding diaryl/α,β-unsaturated/α-hetero) is 1. The number of ketones is 1. The molecule has 2 atom stereocenters. The van der Waals surface area contributed by atoms with Crippen molar-refractivity contribution < 1.29 is 19.1 Å². The van der Waals surface area contributed by atoms with Gasteiger partial charge in [-0.3, -0.25) is 4.79 Å². The molecule has 4 nitrogen and oxygen atoms in total. The van der Waals surface area contributed by atoms with E-state index in [4.69, 9.17) is 4.74 Å². The Hall–Kier alpha value is -0.420. The molecule has 82 valence electrons. The van der Waals surface area contributed by atoms with Gasteiger partial charge < -0.3 is 9.47 Å². The van der Waals surface area contributed by atoms with Gasteiger partial charge in [0.1, 0.15) is 5.78 Å². The predicted octanol–water partition coefficient (Wildman–Crippen LogP) is 1.16. The molecule has 0 saturated heterocycles. The monoisotopic (exact) mass is 266 g/mol. The van der Waals surface area contributed by atoms with Crippen LogP contribution in [-0.2, 0) is 19.1 Å². The molecule has 0 heterocycles. The zero-order valence-electron chi connectivity index (χ0n) is 8.58. The van der Waals surface area contributed by atoms with E-state index in [1.807, 2.05) is 0 Å². The summed E-state index contributed by atoms with van der Waals surface area (Å²) in [5, 5.41) is 0.527. The number of carbonyl (C=O) groups excluding carboxylic acids is 2. The number of esters is 1. The summed E-state index contributed by atoms with van der Waals surface area (Å²) >= 11 is 3.22. The molecule has 0 aliphatic carbocycles. The van der Waals surface area contributed by atoms with E-state index < -0.39 is 12.1 Å². The lowest BCUT2D eigenvalue weighted by Gasteiger charge is -2.17. The standard InChI is InChI=1S/C9H15BrO4/c1-6(11)7(5-10)4-8(13-2)9(12)14-3/h7-8H,4-5H2,1-3H3. The highest BCUT2D eigenvalue weighted by Gasteiger charge is 2.25. The van der Waals surface area contributed by atoms with Crippen molar-refractivity contribution in [3.63, 3.8) is 0 Å². The molecular formula is C9H15BrO4. The molecule has 0 aliphatic heterocycles. The van der Waals surface area contributed by atoms with Crippen LogP contribution in [0, 0.1) is 5.92 Å². The molecule has 0 spiro atoms. The normalized spacial score (nSPS) is 14.6. The van der Waals surface area contributed by atoms with Crippen molar-refractivity contribution in [2.75, 3.05) is 19.5 Å². The first-order valence-electron chi connectivity index (χ1n) is 4.23. The summed E-state index contributed by atoms with van der Waals surface area (Å²) in [5.74, 6) is -0.619. The van der Waals surface area contributed by atoms with Gasteiger partial charge >= 0.3 is 5.97 Å². The summed E-state index contributed by atoms with van der Waals surface area (Å²) < 4.78 is 9.48. The third-order valence-electron chi connectivity index (χ3n) is 2.01. The lowest BCUT2D eigenvalue weighted by molar-refractivity contribution is -0.153. The number of hydrogen-bond donors (Lipinski definition) is 0. The summed E-state index contributed by atoms with van der Waals surface area (Å²) in [6, 6.07) is 0. The smallest absolute Gasteiger partial charge is 0.334 e. The van der Waals surface area contributed by atoms with E-state index in [2.05, 4.69) is 20.7 Å². The van der Waals surface area contributed by atoms with Gasteiger partial charge in [0.05, 0.1) is 7.11 Å². The number of carbonyl (C=O) groups is 2. The number of alkyl halides is 1. The summed E-state index contributed by atoms with van der Waals surface area (Å²) in [5.41, 5.74) is 0. The number of ether oxygens (including phenoxy) is 2. The maximum absolute atomic E-state index is 11.1. The van der Waals surface area contributed by atoms with Gasteiger partial charge in [0.25, 0.3) is 0 Å². The van der Waals surface area contributed by atoms with Crippen molar-refractivity contribution in [2.45, 2.75) is 19.4 Å². The molecule has 5 heteroatoms. The lowest BCUT2D eigenvalue weighted by atomic mass is 10.00. The highest BCUT2D eigenvalue weighted by Crippen LogP contribution is 2.14. The van der Waals surface area contributed by atoms with Crippen LogP contribution >= 0.6 is 15.9 Å². The molecule has 0 aliphatic rings. The molecule has 0 aromatic rings. The molecule has 2 unspecified atom stereocenters. The second kappa shape index (κ2) is 6.95. The summed E-state index contributed by atoms with van der Waals surface area (Å²) in [7, 11) is 2.72. The van der Waals surface area contributed by atoms with E-state index in [9.17, 15) is 9.59 Å². The van der Waals surface area contributed by atoms with Crippen LogP contribution in [0.15, 0.2) is 0 Å². The molecule has 14 heavy (non-hydrogen) atoms. The average molecular weight is 267 g/mol. The zero-order chi connectivity index (χ0) is 11.1. The molecule has 0 N–H and O–H groups in total. The van der Waals surface area contributed by atoms with Crippen LogP contribution in [-0.4, -0.2) is 37.4 Å². The van der Waals surface area contributed by atoms with Gasteiger partial charge in [0.15, 0.2) is 6.10 Å². The minimum atomic E-state index is -0.661. The Balaban J connectivity index is 4.28. The fourth-order valence-corrected chi connectivity index (χ4v) is 1.74. The van der Waals surface area contributed by atoms with Crippen molar-refractivity contribution in [1.29, 1.82) is 0 Å². The van der Waals surface area contributed by atoms with E-state index in [-0.39, 0.29) is 11.7 Å². The Morgan fingerprint density at radius 3 is 2.21 bits per heavy atom. The quantitative estimate of drug-likeness (QED) is 0.535. The number of hydrogen-bond acceptors (Lipinski definition) is 4. The first-order chi connectivity index (χ1) is 6.56. The molecular weight excluding hydrogens is 252 g/mol. The Morgan fingerprint density at radius 2 is 1.93 bits per heavy atom. The number of halogens is 1. The molecule has 0 aromatic heterocycles. The molecule has 0 rings (SSSR count). The van der Waals surface area contributed by atoms with E-state index >= 15 is 0 Å². The largest absolute Gasteiger partial charge is 0.467 e. The first-order valence-corrected chi connectivity index (χ1v) is 5.36. The van der Waals surface area contributed by atoms with Gasteiger partial charge in [0.2, 0.25) is 0 Å². The second-order valence-corrected chi connectivity index (χ2v) is 3.59.